The number of hydrogen-bond acceptors (Lipinski definition) is 6. The Morgan fingerprint density at radius 3 is 2.33 bits per heavy atom. The van der Waals surface area contributed by atoms with Gasteiger partial charge in [-0.15, -0.1) is 0 Å². The number of ether oxygens (including phenoxy) is 1. The summed E-state index contributed by atoms with van der Waals surface area (Å²) >= 11 is 12.5. The number of sulfonamides is 1. The molecule has 0 unspecified atom stereocenters. The number of carbonyl (C=O) groups excluding carboxylic acids is 2. The van der Waals surface area contributed by atoms with Crippen LogP contribution in [0, 0.1) is 13.8 Å². The summed E-state index contributed by atoms with van der Waals surface area (Å²) in [5, 5.41) is 0.755. The van der Waals surface area contributed by atoms with Crippen molar-refractivity contribution in [3.8, 4) is 0 Å². The first-order valence-electron chi connectivity index (χ1n) is 13.9. The van der Waals surface area contributed by atoms with Crippen LogP contribution in [0.5, 0.6) is 0 Å². The van der Waals surface area contributed by atoms with Gasteiger partial charge in [-0.1, -0.05) is 59.1 Å². The number of hydrogen-bond donors (Lipinski definition) is 0. The van der Waals surface area contributed by atoms with Crippen LogP contribution in [0.25, 0.3) is 6.08 Å². The van der Waals surface area contributed by atoms with Crippen LogP contribution in [-0.2, 0) is 37.4 Å². The molecule has 0 saturated heterocycles. The average Bonchev–Trinajstić information content (AvgIpc) is 3.54. The molecular formula is C34H30Cl2N2O6S. The third-order valence-electron chi connectivity index (χ3n) is 7.37. The summed E-state index contributed by atoms with van der Waals surface area (Å²) in [6, 6.07) is 22.0. The lowest BCUT2D eigenvalue weighted by Gasteiger charge is -2.22. The number of methoxy groups -OCH3 is 1. The largest absolute Gasteiger partial charge is 0.465 e. The van der Waals surface area contributed by atoms with Gasteiger partial charge in [-0.25, -0.2) is 13.2 Å². The van der Waals surface area contributed by atoms with Crippen molar-refractivity contribution in [2.24, 2.45) is 0 Å². The van der Waals surface area contributed by atoms with E-state index < -0.39 is 21.9 Å². The lowest BCUT2D eigenvalue weighted by molar-refractivity contribution is -0.136. The highest BCUT2D eigenvalue weighted by Gasteiger charge is 2.38. The maximum atomic E-state index is 13.8. The highest BCUT2D eigenvalue weighted by molar-refractivity contribution is 7.89. The summed E-state index contributed by atoms with van der Waals surface area (Å²) in [6.45, 7) is 5.27. The summed E-state index contributed by atoms with van der Waals surface area (Å²) < 4.78 is 40.0. The van der Waals surface area contributed by atoms with E-state index in [9.17, 15) is 18.0 Å². The third kappa shape index (κ3) is 6.77. The molecule has 1 aliphatic heterocycles. The molecule has 45 heavy (non-hydrogen) atoms. The summed E-state index contributed by atoms with van der Waals surface area (Å²) in [7, 11) is -2.75. The van der Waals surface area contributed by atoms with Crippen molar-refractivity contribution in [1.82, 2.24) is 4.31 Å². The molecule has 232 valence electrons. The monoisotopic (exact) mass is 664 g/mol. The molecule has 1 aromatic heterocycles. The molecule has 0 bridgehead atoms. The number of carbonyl (C=O) groups is 2. The lowest BCUT2D eigenvalue weighted by Crippen LogP contribution is -2.30. The van der Waals surface area contributed by atoms with E-state index in [0.29, 0.717) is 32.8 Å². The van der Waals surface area contributed by atoms with E-state index in [1.165, 1.54) is 22.4 Å². The van der Waals surface area contributed by atoms with Crippen LogP contribution in [0.2, 0.25) is 10.0 Å². The van der Waals surface area contributed by atoms with Gasteiger partial charge >= 0.3 is 5.97 Å². The fourth-order valence-corrected chi connectivity index (χ4v) is 6.91. The van der Waals surface area contributed by atoms with Crippen molar-refractivity contribution in [3.05, 3.63) is 134 Å². The predicted octanol–water partition coefficient (Wildman–Crippen LogP) is 7.47. The molecule has 1 amide bonds. The third-order valence-corrected chi connectivity index (χ3v) is 9.76. The number of halogens is 2. The number of nitrogens with zero attached hydrogens (tertiary/aromatic N) is 2. The molecule has 0 atom stereocenters. The second kappa shape index (κ2) is 13.1. The number of anilines is 1. The highest BCUT2D eigenvalue weighted by atomic mass is 35.5. The molecule has 4 aromatic rings. The van der Waals surface area contributed by atoms with Crippen molar-refractivity contribution in [2.45, 2.75) is 38.8 Å². The Hall–Kier alpha value is -4.15. The molecule has 3 aromatic carbocycles. The van der Waals surface area contributed by atoms with Crippen molar-refractivity contribution in [1.29, 1.82) is 0 Å². The van der Waals surface area contributed by atoms with Crippen LogP contribution in [-0.4, -0.2) is 31.7 Å². The minimum absolute atomic E-state index is 0.0539. The van der Waals surface area contributed by atoms with Crippen LogP contribution in [0.4, 0.5) is 5.69 Å². The fourth-order valence-electron chi connectivity index (χ4n) is 5.06. The zero-order valence-electron chi connectivity index (χ0n) is 25.0. The first-order valence-corrected chi connectivity index (χ1v) is 16.1. The second-order valence-electron chi connectivity index (χ2n) is 10.6. The smallest absolute Gasteiger partial charge is 0.340 e. The van der Waals surface area contributed by atoms with Crippen LogP contribution < -0.4 is 4.90 Å². The fraction of sp³-hybridized carbons (Fsp3) is 0.176. The molecule has 0 fully saturated rings. The van der Waals surface area contributed by atoms with Crippen molar-refractivity contribution in [3.63, 3.8) is 0 Å². The molecule has 0 spiro atoms. The number of allylic oxidation sites excluding steroid dienone is 1. The molecule has 0 saturated carbocycles. The van der Waals surface area contributed by atoms with Crippen molar-refractivity contribution >= 4 is 56.9 Å². The number of esters is 1. The zero-order valence-corrected chi connectivity index (χ0v) is 27.3. The van der Waals surface area contributed by atoms with Crippen molar-refractivity contribution in [2.75, 3.05) is 12.0 Å². The van der Waals surface area contributed by atoms with E-state index in [1.807, 2.05) is 32.0 Å². The molecule has 2 heterocycles. The number of benzene rings is 3. The van der Waals surface area contributed by atoms with Crippen LogP contribution in [0.15, 0.2) is 105 Å². The quantitative estimate of drug-likeness (QED) is 0.136. The lowest BCUT2D eigenvalue weighted by atomic mass is 10.1. The van der Waals surface area contributed by atoms with Gasteiger partial charge in [-0.3, -0.25) is 9.69 Å². The van der Waals surface area contributed by atoms with E-state index >= 15 is 0 Å². The van der Waals surface area contributed by atoms with Crippen LogP contribution in [0.1, 0.15) is 35.1 Å². The van der Waals surface area contributed by atoms with Gasteiger partial charge in [-0.05, 0) is 86.5 Å². The SMILES string of the molecule is COC(=O)C1=C(C)N(c2cccc(C)c2)C(=O)/C1=C/c1ccc(CN(Cc2ccc(Cl)cc2Cl)S(=O)(=O)c2ccc(C)cc2)o1. The second-order valence-corrected chi connectivity index (χ2v) is 13.4. The Kier molecular flexibility index (Phi) is 9.36. The molecule has 8 nitrogen and oxygen atoms in total. The van der Waals surface area contributed by atoms with Gasteiger partial charge < -0.3 is 9.15 Å². The van der Waals surface area contributed by atoms with Gasteiger partial charge in [0.05, 0.1) is 29.7 Å². The summed E-state index contributed by atoms with van der Waals surface area (Å²) in [4.78, 5) is 28.1. The number of rotatable bonds is 9. The van der Waals surface area contributed by atoms with Gasteiger partial charge in [0.2, 0.25) is 10.0 Å². The minimum atomic E-state index is -4.00. The van der Waals surface area contributed by atoms with E-state index in [2.05, 4.69) is 0 Å². The standard InChI is InChI=1S/C34H30Cl2N2O6S/c1-21-8-14-29(15-9-21)45(41,42)37(19-24-10-11-25(35)17-31(24)36)20-28-13-12-27(44-28)18-30-32(34(40)43-4)23(3)38(33(30)39)26-7-5-6-22(2)16-26/h5-18H,19-20H2,1-4H3/b30-18+. The number of furan rings is 1. The van der Waals surface area contributed by atoms with Gasteiger partial charge in [0.1, 0.15) is 11.5 Å². The van der Waals surface area contributed by atoms with E-state index in [-0.39, 0.29) is 34.9 Å². The number of aryl methyl sites for hydroxylation is 2. The first-order chi connectivity index (χ1) is 21.4. The van der Waals surface area contributed by atoms with E-state index in [1.54, 1.807) is 67.6 Å². The topological polar surface area (TPSA) is 97.1 Å². The highest BCUT2D eigenvalue weighted by Crippen LogP contribution is 2.36. The minimum Gasteiger partial charge on any atom is -0.465 e. The van der Waals surface area contributed by atoms with Crippen molar-refractivity contribution < 1.29 is 27.2 Å². The molecule has 0 N–H and O–H groups in total. The predicted molar refractivity (Wildman–Crippen MR) is 174 cm³/mol. The maximum Gasteiger partial charge on any atom is 0.340 e. The Labute approximate surface area is 272 Å². The maximum absolute atomic E-state index is 13.8. The summed E-state index contributed by atoms with van der Waals surface area (Å²) in [6.07, 6.45) is 1.46. The molecular weight excluding hydrogens is 635 g/mol. The van der Waals surface area contributed by atoms with Crippen LogP contribution >= 0.6 is 23.2 Å². The van der Waals surface area contributed by atoms with Crippen LogP contribution in [0.3, 0.4) is 0 Å². The van der Waals surface area contributed by atoms with E-state index in [0.717, 1.165) is 11.1 Å². The molecule has 11 heteroatoms. The van der Waals surface area contributed by atoms with Gasteiger partial charge in [-0.2, -0.15) is 4.31 Å². The van der Waals surface area contributed by atoms with Gasteiger partial charge in [0, 0.05) is 28.0 Å². The Bertz CT molecular complexity index is 1960. The Balaban J connectivity index is 1.50. The Morgan fingerprint density at radius 2 is 1.67 bits per heavy atom. The summed E-state index contributed by atoms with van der Waals surface area (Å²) in [5.41, 5.74) is 3.67. The number of amides is 1. The zero-order chi connectivity index (χ0) is 32.5. The first kappa shape index (κ1) is 32.2. The molecule has 1 aliphatic rings. The van der Waals surface area contributed by atoms with Gasteiger partial charge in [0.25, 0.3) is 5.91 Å². The molecule has 5 rings (SSSR count). The van der Waals surface area contributed by atoms with E-state index in [4.69, 9.17) is 32.4 Å². The Morgan fingerprint density at radius 1 is 0.933 bits per heavy atom. The molecule has 0 radical (unpaired) electrons. The average molecular weight is 666 g/mol. The van der Waals surface area contributed by atoms with Gasteiger partial charge in [0.15, 0.2) is 0 Å². The molecule has 0 aliphatic carbocycles. The summed E-state index contributed by atoms with van der Waals surface area (Å²) in [5.74, 6) is -0.517. The normalized spacial score (nSPS) is 14.6.